The fraction of sp³-hybridized carbons (Fsp3) is 0.125. The van der Waals surface area contributed by atoms with Crippen molar-refractivity contribution in [1.29, 1.82) is 0 Å². The van der Waals surface area contributed by atoms with Gasteiger partial charge < -0.3 is 10.4 Å². The Hall–Kier alpha value is -3.42. The molecular formula is C16H15N4O4-. The Balaban J connectivity index is 1.89. The van der Waals surface area contributed by atoms with Gasteiger partial charge in [-0.15, -0.1) is 0 Å². The second kappa shape index (κ2) is 7.73. The number of hydrogen-bond donors (Lipinski definition) is 2. The summed E-state index contributed by atoms with van der Waals surface area (Å²) in [5.41, 5.74) is 3.64. The minimum absolute atomic E-state index is 0.000426. The molecule has 24 heavy (non-hydrogen) atoms. The van der Waals surface area contributed by atoms with Crippen LogP contribution < -0.4 is 15.8 Å². The average molecular weight is 327 g/mol. The van der Waals surface area contributed by atoms with Gasteiger partial charge in [-0.1, -0.05) is 29.8 Å². The van der Waals surface area contributed by atoms with Crippen LogP contribution in [-0.4, -0.2) is 23.6 Å². The maximum Gasteiger partial charge on any atom is 0.262 e. The van der Waals surface area contributed by atoms with Crippen molar-refractivity contribution in [1.82, 2.24) is 5.43 Å². The molecule has 0 atom stereocenters. The van der Waals surface area contributed by atoms with Gasteiger partial charge in [0.15, 0.2) is 0 Å². The molecule has 0 heterocycles. The molecule has 0 aliphatic rings. The maximum absolute atomic E-state index is 11.8. The number of carbonyl (C=O) groups is 1. The fourth-order valence-electron chi connectivity index (χ4n) is 1.85. The zero-order valence-electron chi connectivity index (χ0n) is 12.9. The third kappa shape index (κ3) is 4.54. The van der Waals surface area contributed by atoms with Gasteiger partial charge in [0.25, 0.3) is 11.6 Å². The molecule has 2 N–H and O–H groups in total. The summed E-state index contributed by atoms with van der Waals surface area (Å²) in [4.78, 5) is 21.6. The first-order chi connectivity index (χ1) is 11.5. The van der Waals surface area contributed by atoms with Crippen molar-refractivity contribution >= 4 is 23.5 Å². The van der Waals surface area contributed by atoms with Crippen LogP contribution in [0.5, 0.6) is 5.75 Å². The highest BCUT2D eigenvalue weighted by atomic mass is 16.6. The Morgan fingerprint density at radius 1 is 1.25 bits per heavy atom. The first kappa shape index (κ1) is 16.9. The first-order valence-corrected chi connectivity index (χ1v) is 7.04. The molecule has 124 valence electrons. The molecule has 2 aromatic rings. The van der Waals surface area contributed by atoms with Gasteiger partial charge >= 0.3 is 0 Å². The van der Waals surface area contributed by atoms with Crippen molar-refractivity contribution < 1.29 is 14.8 Å². The zero-order chi connectivity index (χ0) is 17.5. The van der Waals surface area contributed by atoms with Crippen LogP contribution in [0.4, 0.5) is 11.4 Å². The smallest absolute Gasteiger partial charge is 0.262 e. The number of para-hydroxylation sites is 1. The van der Waals surface area contributed by atoms with E-state index in [1.807, 2.05) is 31.2 Å². The van der Waals surface area contributed by atoms with E-state index in [1.54, 1.807) is 0 Å². The van der Waals surface area contributed by atoms with E-state index < -0.39 is 22.3 Å². The molecule has 2 aromatic carbocycles. The van der Waals surface area contributed by atoms with E-state index in [0.29, 0.717) is 0 Å². The number of carbonyl (C=O) groups excluding carboxylic acids is 1. The number of anilines is 1. The minimum Gasteiger partial charge on any atom is -0.867 e. The van der Waals surface area contributed by atoms with Gasteiger partial charge in [0, 0.05) is 11.8 Å². The van der Waals surface area contributed by atoms with Crippen LogP contribution in [0.25, 0.3) is 0 Å². The van der Waals surface area contributed by atoms with Gasteiger partial charge in [-0.25, -0.2) is 5.43 Å². The minimum atomic E-state index is -0.760. The van der Waals surface area contributed by atoms with E-state index in [4.69, 9.17) is 0 Å². The highest BCUT2D eigenvalue weighted by Gasteiger charge is 2.08. The number of nitro groups is 1. The van der Waals surface area contributed by atoms with Gasteiger partial charge in [0.2, 0.25) is 0 Å². The number of amides is 1. The lowest BCUT2D eigenvalue weighted by Gasteiger charge is -2.09. The van der Waals surface area contributed by atoms with Crippen molar-refractivity contribution in [2.45, 2.75) is 6.92 Å². The van der Waals surface area contributed by atoms with E-state index >= 15 is 0 Å². The van der Waals surface area contributed by atoms with Crippen molar-refractivity contribution in [3.05, 3.63) is 63.7 Å². The zero-order valence-corrected chi connectivity index (χ0v) is 12.9. The van der Waals surface area contributed by atoms with Crippen molar-refractivity contribution in [3.8, 4) is 5.75 Å². The normalized spacial score (nSPS) is 10.5. The monoisotopic (exact) mass is 327 g/mol. The second-order valence-electron chi connectivity index (χ2n) is 4.97. The van der Waals surface area contributed by atoms with Gasteiger partial charge in [-0.3, -0.25) is 14.9 Å². The molecule has 8 nitrogen and oxygen atoms in total. The Bertz CT molecular complexity index is 772. The lowest BCUT2D eigenvalue weighted by atomic mass is 10.2. The summed E-state index contributed by atoms with van der Waals surface area (Å²) in [6, 6.07) is 11.4. The molecular weight excluding hydrogens is 312 g/mol. The van der Waals surface area contributed by atoms with E-state index in [-0.39, 0.29) is 12.1 Å². The molecule has 0 saturated carbocycles. The van der Waals surface area contributed by atoms with Crippen LogP contribution in [-0.2, 0) is 4.79 Å². The number of aryl methyl sites for hydroxylation is 1. The predicted molar refractivity (Wildman–Crippen MR) is 87.9 cm³/mol. The third-order valence-corrected chi connectivity index (χ3v) is 3.12. The number of nitro benzene ring substituents is 1. The summed E-state index contributed by atoms with van der Waals surface area (Å²) in [6.45, 7) is 1.96. The van der Waals surface area contributed by atoms with Gasteiger partial charge in [-0.2, -0.15) is 5.10 Å². The molecule has 0 radical (unpaired) electrons. The van der Waals surface area contributed by atoms with E-state index in [1.165, 1.54) is 12.1 Å². The molecule has 0 unspecified atom stereocenters. The topological polar surface area (TPSA) is 120 Å². The van der Waals surface area contributed by atoms with Crippen LogP contribution >= 0.6 is 0 Å². The molecule has 0 aromatic heterocycles. The number of hydrazone groups is 1. The molecule has 1 amide bonds. The lowest BCUT2D eigenvalue weighted by molar-refractivity contribution is -0.398. The third-order valence-electron chi connectivity index (χ3n) is 3.12. The number of hydrogen-bond acceptors (Lipinski definition) is 6. The van der Waals surface area contributed by atoms with Crippen LogP contribution in [0.2, 0.25) is 0 Å². The predicted octanol–water partition coefficient (Wildman–Crippen LogP) is 1.54. The molecule has 0 fully saturated rings. The van der Waals surface area contributed by atoms with Gasteiger partial charge in [-0.05, 0) is 30.4 Å². The summed E-state index contributed by atoms with van der Waals surface area (Å²) in [5, 5.41) is 29.0. The Morgan fingerprint density at radius 3 is 2.62 bits per heavy atom. The first-order valence-electron chi connectivity index (χ1n) is 7.04. The van der Waals surface area contributed by atoms with Crippen molar-refractivity contribution in [3.63, 3.8) is 0 Å². The molecule has 0 saturated heterocycles. The Labute approximate surface area is 138 Å². The standard InChI is InChI=1S/C16H16N4O4/c1-11-5-7-13(8-6-11)17-10-15(21)19-18-9-12-3-2-4-14(16(12)22)20(23)24/h2-9,17,22H,10H2,1H3,(H,19,21)/p-1. The Kier molecular flexibility index (Phi) is 5.45. The quantitative estimate of drug-likeness (QED) is 0.474. The number of benzene rings is 2. The average Bonchev–Trinajstić information content (AvgIpc) is 2.55. The number of nitrogens with zero attached hydrogens (tertiary/aromatic N) is 2. The summed E-state index contributed by atoms with van der Waals surface area (Å²) in [7, 11) is 0. The Morgan fingerprint density at radius 2 is 1.96 bits per heavy atom. The summed E-state index contributed by atoms with van der Waals surface area (Å²) in [6.07, 6.45) is 1.08. The number of rotatable bonds is 6. The SMILES string of the molecule is Cc1ccc(NCC(=O)NN=Cc2cccc([N+](=O)[O-])c2[O-])cc1. The highest BCUT2D eigenvalue weighted by Crippen LogP contribution is 2.24. The van der Waals surface area contributed by atoms with Gasteiger partial charge in [0.05, 0.1) is 17.7 Å². The molecule has 8 heteroatoms. The van der Waals surface area contributed by atoms with E-state index in [9.17, 15) is 20.0 Å². The number of nitrogens with one attached hydrogen (secondary N) is 2. The van der Waals surface area contributed by atoms with Crippen LogP contribution in [0.15, 0.2) is 47.6 Å². The van der Waals surface area contributed by atoms with Crippen LogP contribution in [0, 0.1) is 17.0 Å². The van der Waals surface area contributed by atoms with E-state index in [2.05, 4.69) is 15.8 Å². The maximum atomic E-state index is 11.8. The van der Waals surface area contributed by atoms with Crippen molar-refractivity contribution in [2.24, 2.45) is 5.10 Å². The molecule has 0 bridgehead atoms. The second-order valence-corrected chi connectivity index (χ2v) is 4.97. The molecule has 0 aliphatic carbocycles. The summed E-state index contributed by atoms with van der Waals surface area (Å²) >= 11 is 0. The van der Waals surface area contributed by atoms with Crippen molar-refractivity contribution in [2.75, 3.05) is 11.9 Å². The lowest BCUT2D eigenvalue weighted by Crippen LogP contribution is -2.25. The fourth-order valence-corrected chi connectivity index (χ4v) is 1.85. The summed E-state index contributed by atoms with van der Waals surface area (Å²) in [5.74, 6) is -1.16. The highest BCUT2D eigenvalue weighted by molar-refractivity contribution is 5.87. The van der Waals surface area contributed by atoms with Crippen LogP contribution in [0.3, 0.4) is 0 Å². The van der Waals surface area contributed by atoms with E-state index in [0.717, 1.165) is 23.5 Å². The van der Waals surface area contributed by atoms with Gasteiger partial charge in [0.1, 0.15) is 0 Å². The summed E-state index contributed by atoms with van der Waals surface area (Å²) < 4.78 is 0. The van der Waals surface area contributed by atoms with Crippen LogP contribution in [0.1, 0.15) is 11.1 Å². The molecule has 2 rings (SSSR count). The molecule has 0 spiro atoms. The largest absolute Gasteiger partial charge is 0.867 e. The molecule has 0 aliphatic heterocycles.